The third-order valence-electron chi connectivity index (χ3n) is 4.67. The van der Waals surface area contributed by atoms with E-state index in [4.69, 9.17) is 16.6 Å². The minimum atomic E-state index is -0.0792. The van der Waals surface area contributed by atoms with Gasteiger partial charge in [-0.25, -0.2) is 4.98 Å². The van der Waals surface area contributed by atoms with Crippen molar-refractivity contribution in [1.29, 1.82) is 0 Å². The molecule has 5 heteroatoms. The van der Waals surface area contributed by atoms with Gasteiger partial charge in [-0.1, -0.05) is 54.9 Å². The summed E-state index contributed by atoms with van der Waals surface area (Å²) in [6.07, 6.45) is 1.46. The van der Waals surface area contributed by atoms with Gasteiger partial charge in [0.15, 0.2) is 0 Å². The molecular formula is C22H19ClN2OS. The first-order chi connectivity index (χ1) is 13.1. The van der Waals surface area contributed by atoms with Crippen LogP contribution < -0.4 is 5.56 Å². The molecule has 1 N–H and O–H groups in total. The van der Waals surface area contributed by atoms with Crippen LogP contribution in [-0.4, -0.2) is 9.97 Å². The van der Waals surface area contributed by atoms with Gasteiger partial charge in [0, 0.05) is 21.9 Å². The number of aromatic nitrogens is 2. The lowest BCUT2D eigenvalue weighted by Gasteiger charge is -2.06. The quantitative estimate of drug-likeness (QED) is 0.477. The zero-order valence-electron chi connectivity index (χ0n) is 15.2. The Morgan fingerprint density at radius 2 is 1.93 bits per heavy atom. The Morgan fingerprint density at radius 3 is 2.63 bits per heavy atom. The minimum absolute atomic E-state index is 0.0792. The summed E-state index contributed by atoms with van der Waals surface area (Å²) in [7, 11) is 0. The second-order valence-electron chi connectivity index (χ2n) is 6.57. The summed E-state index contributed by atoms with van der Waals surface area (Å²) in [4.78, 5) is 22.7. The number of hydrogen-bond acceptors (Lipinski definition) is 3. The maximum absolute atomic E-state index is 13.0. The van der Waals surface area contributed by atoms with E-state index in [2.05, 4.69) is 11.9 Å². The first-order valence-corrected chi connectivity index (χ1v) is 10.1. The van der Waals surface area contributed by atoms with Gasteiger partial charge in [0.2, 0.25) is 0 Å². The number of nitrogens with one attached hydrogen (secondary N) is 1. The number of rotatable bonds is 4. The predicted octanol–water partition coefficient (Wildman–Crippen LogP) is 5.77. The van der Waals surface area contributed by atoms with E-state index in [0.29, 0.717) is 17.6 Å². The van der Waals surface area contributed by atoms with Gasteiger partial charge in [-0.05, 0) is 42.2 Å². The highest BCUT2D eigenvalue weighted by Crippen LogP contribution is 2.37. The molecule has 0 radical (unpaired) electrons. The molecule has 2 aromatic carbocycles. The van der Waals surface area contributed by atoms with Crippen LogP contribution >= 0.6 is 22.9 Å². The number of aryl methyl sites for hydroxylation is 2. The Balaban J connectivity index is 1.88. The van der Waals surface area contributed by atoms with Crippen molar-refractivity contribution < 1.29 is 0 Å². The molecule has 0 aliphatic carbocycles. The summed E-state index contributed by atoms with van der Waals surface area (Å²) >= 11 is 7.79. The van der Waals surface area contributed by atoms with Crippen molar-refractivity contribution >= 4 is 33.2 Å². The van der Waals surface area contributed by atoms with Crippen molar-refractivity contribution in [2.45, 2.75) is 26.7 Å². The van der Waals surface area contributed by atoms with E-state index in [-0.39, 0.29) is 5.56 Å². The molecule has 0 aliphatic rings. The number of hydrogen-bond donors (Lipinski definition) is 1. The first kappa shape index (κ1) is 18.0. The monoisotopic (exact) mass is 394 g/mol. The highest BCUT2D eigenvalue weighted by molar-refractivity contribution is 7.19. The molecule has 4 rings (SSSR count). The van der Waals surface area contributed by atoms with E-state index in [1.807, 2.05) is 55.5 Å². The van der Waals surface area contributed by atoms with Gasteiger partial charge in [0.05, 0.1) is 5.39 Å². The molecule has 2 heterocycles. The van der Waals surface area contributed by atoms with Crippen molar-refractivity contribution in [3.05, 3.63) is 85.7 Å². The van der Waals surface area contributed by atoms with E-state index in [9.17, 15) is 4.79 Å². The number of fused-ring (bicyclic) bond motifs is 1. The Morgan fingerprint density at radius 1 is 1.15 bits per heavy atom. The van der Waals surface area contributed by atoms with Crippen molar-refractivity contribution in [2.24, 2.45) is 0 Å². The van der Waals surface area contributed by atoms with Gasteiger partial charge < -0.3 is 4.98 Å². The SMILES string of the molecule is CCc1sc2nc(Cc3ccccc3)[nH]c(=O)c2c1-c1ccc(Cl)c(C)c1. The molecule has 2 aromatic heterocycles. The Bertz CT molecular complexity index is 1180. The lowest BCUT2D eigenvalue weighted by atomic mass is 10.0. The van der Waals surface area contributed by atoms with Gasteiger partial charge >= 0.3 is 0 Å². The predicted molar refractivity (Wildman–Crippen MR) is 114 cm³/mol. The Hall–Kier alpha value is -2.43. The van der Waals surface area contributed by atoms with Gasteiger partial charge in [-0.3, -0.25) is 4.79 Å². The molecule has 0 unspecified atom stereocenters. The molecule has 27 heavy (non-hydrogen) atoms. The average molecular weight is 395 g/mol. The molecule has 136 valence electrons. The fraction of sp³-hybridized carbons (Fsp3) is 0.182. The molecule has 0 saturated carbocycles. The first-order valence-electron chi connectivity index (χ1n) is 8.92. The number of thiophene rings is 1. The maximum Gasteiger partial charge on any atom is 0.260 e. The zero-order chi connectivity index (χ0) is 19.0. The van der Waals surface area contributed by atoms with Crippen LogP contribution in [0.5, 0.6) is 0 Å². The highest BCUT2D eigenvalue weighted by Gasteiger charge is 2.18. The van der Waals surface area contributed by atoms with Crippen LogP contribution in [0.25, 0.3) is 21.3 Å². The second-order valence-corrected chi connectivity index (χ2v) is 8.06. The molecular weight excluding hydrogens is 376 g/mol. The van der Waals surface area contributed by atoms with E-state index >= 15 is 0 Å². The summed E-state index contributed by atoms with van der Waals surface area (Å²) in [6.45, 7) is 4.09. The van der Waals surface area contributed by atoms with E-state index in [0.717, 1.165) is 38.5 Å². The van der Waals surface area contributed by atoms with Crippen molar-refractivity contribution in [3.8, 4) is 11.1 Å². The van der Waals surface area contributed by atoms with Gasteiger partial charge in [0.25, 0.3) is 5.56 Å². The van der Waals surface area contributed by atoms with Crippen molar-refractivity contribution in [1.82, 2.24) is 9.97 Å². The summed E-state index contributed by atoms with van der Waals surface area (Å²) in [5.41, 5.74) is 4.05. The molecule has 4 aromatic rings. The van der Waals surface area contributed by atoms with Crippen LogP contribution in [0.15, 0.2) is 53.3 Å². The van der Waals surface area contributed by atoms with Crippen LogP contribution in [0.4, 0.5) is 0 Å². The number of aromatic amines is 1. The largest absolute Gasteiger partial charge is 0.310 e. The lowest BCUT2D eigenvalue weighted by molar-refractivity contribution is 0.977. The van der Waals surface area contributed by atoms with Gasteiger partial charge in [-0.2, -0.15) is 0 Å². The van der Waals surface area contributed by atoms with Crippen LogP contribution in [0, 0.1) is 6.92 Å². The number of H-pyrrole nitrogens is 1. The van der Waals surface area contributed by atoms with Crippen LogP contribution in [0.1, 0.15) is 28.8 Å². The Labute approximate surface area is 166 Å². The highest BCUT2D eigenvalue weighted by atomic mass is 35.5. The molecule has 0 fully saturated rings. The molecule has 3 nitrogen and oxygen atoms in total. The third-order valence-corrected chi connectivity index (χ3v) is 6.32. The fourth-order valence-corrected chi connectivity index (χ4v) is 4.60. The van der Waals surface area contributed by atoms with Crippen LogP contribution in [0.2, 0.25) is 5.02 Å². The van der Waals surface area contributed by atoms with Crippen LogP contribution in [-0.2, 0) is 12.8 Å². The van der Waals surface area contributed by atoms with Gasteiger partial charge in [-0.15, -0.1) is 11.3 Å². The Kier molecular flexibility index (Phi) is 4.85. The third kappa shape index (κ3) is 3.43. The molecule has 0 atom stereocenters. The molecule has 0 amide bonds. The number of nitrogens with zero attached hydrogens (tertiary/aromatic N) is 1. The standard InChI is InChI=1S/C22H19ClN2OS/c1-3-17-19(15-9-10-16(23)13(2)11-15)20-21(26)24-18(25-22(20)27-17)12-14-7-5-4-6-8-14/h4-11H,3,12H2,1-2H3,(H,24,25,26). The number of halogens is 1. The molecule has 0 spiro atoms. The van der Waals surface area contributed by atoms with Crippen molar-refractivity contribution in [2.75, 3.05) is 0 Å². The van der Waals surface area contributed by atoms with Gasteiger partial charge in [0.1, 0.15) is 10.7 Å². The minimum Gasteiger partial charge on any atom is -0.310 e. The van der Waals surface area contributed by atoms with E-state index < -0.39 is 0 Å². The summed E-state index contributed by atoms with van der Waals surface area (Å²) < 4.78 is 0. The van der Waals surface area contributed by atoms with E-state index in [1.54, 1.807) is 11.3 Å². The topological polar surface area (TPSA) is 45.8 Å². The van der Waals surface area contributed by atoms with Crippen LogP contribution in [0.3, 0.4) is 0 Å². The summed E-state index contributed by atoms with van der Waals surface area (Å²) in [5.74, 6) is 0.696. The summed E-state index contributed by atoms with van der Waals surface area (Å²) in [6, 6.07) is 16.0. The molecule has 0 saturated heterocycles. The van der Waals surface area contributed by atoms with Crippen molar-refractivity contribution in [3.63, 3.8) is 0 Å². The number of benzene rings is 2. The fourth-order valence-electron chi connectivity index (χ4n) is 3.33. The zero-order valence-corrected chi connectivity index (χ0v) is 16.7. The normalized spacial score (nSPS) is 11.2. The maximum atomic E-state index is 13.0. The van der Waals surface area contributed by atoms with E-state index in [1.165, 1.54) is 4.88 Å². The molecule has 0 bridgehead atoms. The lowest BCUT2D eigenvalue weighted by Crippen LogP contribution is -2.11. The summed E-state index contributed by atoms with van der Waals surface area (Å²) in [5, 5.41) is 1.41. The smallest absolute Gasteiger partial charge is 0.260 e. The average Bonchev–Trinajstić information content (AvgIpc) is 3.04. The molecule has 0 aliphatic heterocycles. The second kappa shape index (κ2) is 7.29.